The Morgan fingerprint density at radius 2 is 1.36 bits per heavy atom. The molecule has 0 spiro atoms. The fourth-order valence-electron chi connectivity index (χ4n) is 1.26. The molecule has 11 heavy (non-hydrogen) atoms. The van der Waals surface area contributed by atoms with Crippen molar-refractivity contribution >= 4 is 21.6 Å². The lowest BCUT2D eigenvalue weighted by Gasteiger charge is -2.05. The summed E-state index contributed by atoms with van der Waals surface area (Å²) < 4.78 is 0. The van der Waals surface area contributed by atoms with Crippen LogP contribution < -0.4 is 0 Å². The molecule has 1 fully saturated rings. The highest BCUT2D eigenvalue weighted by Gasteiger charge is 1.95. The second-order valence-corrected chi connectivity index (χ2v) is 5.19. The van der Waals surface area contributed by atoms with Gasteiger partial charge in [-0.05, 0) is 5.41 Å². The van der Waals surface area contributed by atoms with E-state index in [0.717, 1.165) is 0 Å². The highest BCUT2D eigenvalue weighted by Crippen LogP contribution is 2.27. The van der Waals surface area contributed by atoms with E-state index in [1.165, 1.54) is 44.3 Å². The molecule has 0 bridgehead atoms. The molecular formula is C9H16S2. The SMILES string of the molecule is C1=CSSC1.C1CCCCC1. The third-order valence-electron chi connectivity index (χ3n) is 1.88. The second kappa shape index (κ2) is 7.11. The van der Waals surface area contributed by atoms with Crippen molar-refractivity contribution in [1.29, 1.82) is 0 Å². The summed E-state index contributed by atoms with van der Waals surface area (Å²) >= 11 is 0. The Morgan fingerprint density at radius 3 is 1.55 bits per heavy atom. The first kappa shape index (κ1) is 9.53. The van der Waals surface area contributed by atoms with E-state index < -0.39 is 0 Å². The summed E-state index contributed by atoms with van der Waals surface area (Å²) in [5.41, 5.74) is 0. The zero-order valence-corrected chi connectivity index (χ0v) is 8.55. The summed E-state index contributed by atoms with van der Waals surface area (Å²) in [6.07, 6.45) is 11.2. The highest BCUT2D eigenvalue weighted by atomic mass is 33.1. The molecule has 0 N–H and O–H groups in total. The van der Waals surface area contributed by atoms with Gasteiger partial charge < -0.3 is 0 Å². The minimum absolute atomic E-state index is 1.20. The van der Waals surface area contributed by atoms with Crippen LogP contribution >= 0.6 is 21.6 Å². The van der Waals surface area contributed by atoms with Crippen molar-refractivity contribution in [3.05, 3.63) is 11.5 Å². The first-order valence-corrected chi connectivity index (χ1v) is 6.81. The topological polar surface area (TPSA) is 0 Å². The first-order valence-electron chi connectivity index (χ1n) is 4.43. The van der Waals surface area contributed by atoms with Gasteiger partial charge in [-0.1, -0.05) is 66.2 Å². The molecule has 0 radical (unpaired) electrons. The van der Waals surface area contributed by atoms with Gasteiger partial charge in [0.05, 0.1) is 0 Å². The average molecular weight is 188 g/mol. The standard InChI is InChI=1S/C6H12.C3H4S2/c1-2-4-6-5-3-1;1-2-4-5-3-1/h1-6H2;1-2H,3H2. The molecule has 0 nitrogen and oxygen atoms in total. The third-order valence-corrected chi connectivity index (χ3v) is 3.80. The zero-order valence-electron chi connectivity index (χ0n) is 6.92. The number of rotatable bonds is 0. The van der Waals surface area contributed by atoms with E-state index >= 15 is 0 Å². The monoisotopic (exact) mass is 188 g/mol. The lowest BCUT2D eigenvalue weighted by molar-refractivity contribution is 0.504. The van der Waals surface area contributed by atoms with Crippen LogP contribution in [0.1, 0.15) is 38.5 Å². The van der Waals surface area contributed by atoms with Gasteiger partial charge in [-0.2, -0.15) is 0 Å². The van der Waals surface area contributed by atoms with Crippen molar-refractivity contribution in [2.75, 3.05) is 5.75 Å². The molecule has 1 aliphatic carbocycles. The van der Waals surface area contributed by atoms with Crippen LogP contribution in [0.5, 0.6) is 0 Å². The Hall–Kier alpha value is 0.440. The van der Waals surface area contributed by atoms with Crippen LogP contribution in [0.3, 0.4) is 0 Å². The number of hydrogen-bond donors (Lipinski definition) is 0. The summed E-state index contributed by atoms with van der Waals surface area (Å²) in [5, 5.41) is 2.12. The fraction of sp³-hybridized carbons (Fsp3) is 0.778. The molecule has 1 aliphatic heterocycles. The van der Waals surface area contributed by atoms with Gasteiger partial charge in [-0.25, -0.2) is 0 Å². The molecule has 0 saturated heterocycles. The van der Waals surface area contributed by atoms with Crippen molar-refractivity contribution < 1.29 is 0 Å². The van der Waals surface area contributed by atoms with Crippen molar-refractivity contribution in [2.45, 2.75) is 38.5 Å². The average Bonchev–Trinajstić information content (AvgIpc) is 2.64. The van der Waals surface area contributed by atoms with Crippen LogP contribution in [-0.2, 0) is 0 Å². The quantitative estimate of drug-likeness (QED) is 0.522. The van der Waals surface area contributed by atoms with Crippen LogP contribution in [0.4, 0.5) is 0 Å². The molecule has 0 aromatic carbocycles. The van der Waals surface area contributed by atoms with Gasteiger partial charge in [0.15, 0.2) is 0 Å². The maximum Gasteiger partial charge on any atom is 0.0229 e. The van der Waals surface area contributed by atoms with Gasteiger partial charge in [-0.3, -0.25) is 0 Å². The Labute approximate surface area is 77.6 Å². The molecular weight excluding hydrogens is 172 g/mol. The minimum Gasteiger partial charge on any atom is -0.0854 e. The first-order chi connectivity index (χ1) is 5.50. The Bertz CT molecular complexity index is 88.6. The summed E-state index contributed by atoms with van der Waals surface area (Å²) in [6.45, 7) is 0. The van der Waals surface area contributed by atoms with Crippen molar-refractivity contribution in [2.24, 2.45) is 0 Å². The maximum absolute atomic E-state index is 2.16. The summed E-state index contributed by atoms with van der Waals surface area (Å²) in [6, 6.07) is 0. The molecule has 1 saturated carbocycles. The van der Waals surface area contributed by atoms with Crippen LogP contribution in [0.2, 0.25) is 0 Å². The smallest absolute Gasteiger partial charge is 0.0229 e. The molecule has 0 aromatic heterocycles. The van der Waals surface area contributed by atoms with E-state index in [1.807, 2.05) is 21.6 Å². The van der Waals surface area contributed by atoms with Gasteiger partial charge >= 0.3 is 0 Å². The molecule has 2 aliphatic rings. The van der Waals surface area contributed by atoms with Gasteiger partial charge in [0.1, 0.15) is 0 Å². The van der Waals surface area contributed by atoms with E-state index in [4.69, 9.17) is 0 Å². The van der Waals surface area contributed by atoms with Crippen LogP contribution in [-0.4, -0.2) is 5.75 Å². The van der Waals surface area contributed by atoms with Crippen LogP contribution in [0.25, 0.3) is 0 Å². The molecule has 64 valence electrons. The minimum atomic E-state index is 1.20. The van der Waals surface area contributed by atoms with Gasteiger partial charge in [0.2, 0.25) is 0 Å². The van der Waals surface area contributed by atoms with Gasteiger partial charge in [0, 0.05) is 5.75 Å². The Kier molecular flexibility index (Phi) is 6.16. The summed E-state index contributed by atoms with van der Waals surface area (Å²) in [7, 11) is 3.69. The molecule has 0 amide bonds. The lowest BCUT2D eigenvalue weighted by Crippen LogP contribution is -1.85. The molecule has 0 aromatic rings. The Morgan fingerprint density at radius 1 is 0.818 bits per heavy atom. The predicted octanol–water partition coefficient (Wildman–Crippen LogP) is 4.24. The summed E-state index contributed by atoms with van der Waals surface area (Å²) in [5.74, 6) is 1.20. The second-order valence-electron chi connectivity index (χ2n) is 2.87. The largest absolute Gasteiger partial charge is 0.0854 e. The molecule has 2 heteroatoms. The molecule has 2 rings (SSSR count). The molecule has 0 unspecified atom stereocenters. The maximum atomic E-state index is 2.16. The van der Waals surface area contributed by atoms with E-state index in [-0.39, 0.29) is 0 Å². The van der Waals surface area contributed by atoms with Gasteiger partial charge in [-0.15, -0.1) is 0 Å². The van der Waals surface area contributed by atoms with Crippen molar-refractivity contribution in [3.63, 3.8) is 0 Å². The third kappa shape index (κ3) is 5.68. The summed E-state index contributed by atoms with van der Waals surface area (Å²) in [4.78, 5) is 0. The lowest BCUT2D eigenvalue weighted by atomic mass is 10.0. The Balaban J connectivity index is 0.000000112. The van der Waals surface area contributed by atoms with Gasteiger partial charge in [0.25, 0.3) is 0 Å². The van der Waals surface area contributed by atoms with Crippen molar-refractivity contribution in [3.8, 4) is 0 Å². The van der Waals surface area contributed by atoms with E-state index in [9.17, 15) is 0 Å². The fourth-order valence-corrected chi connectivity index (χ4v) is 2.83. The van der Waals surface area contributed by atoms with E-state index in [0.29, 0.717) is 0 Å². The number of hydrogen-bond acceptors (Lipinski definition) is 2. The highest BCUT2D eigenvalue weighted by molar-refractivity contribution is 8.78. The van der Waals surface area contributed by atoms with Crippen LogP contribution in [0.15, 0.2) is 11.5 Å². The zero-order chi connectivity index (χ0) is 7.78. The normalized spacial score (nSPS) is 22.5. The molecule has 0 atom stereocenters. The van der Waals surface area contributed by atoms with E-state index in [1.54, 1.807) is 0 Å². The van der Waals surface area contributed by atoms with Crippen molar-refractivity contribution in [1.82, 2.24) is 0 Å². The van der Waals surface area contributed by atoms with Crippen LogP contribution in [0, 0.1) is 0 Å². The molecule has 1 heterocycles. The predicted molar refractivity (Wildman–Crippen MR) is 56.9 cm³/mol. The van der Waals surface area contributed by atoms with E-state index in [2.05, 4.69) is 11.5 Å².